The minimum atomic E-state index is 0.000861. The quantitative estimate of drug-likeness (QED) is 0.189. The summed E-state index contributed by atoms with van der Waals surface area (Å²) in [4.78, 5) is 13.9. The number of para-hydroxylation sites is 8. The van der Waals surface area contributed by atoms with Crippen LogP contribution < -0.4 is 19.3 Å². The van der Waals surface area contributed by atoms with Crippen LogP contribution in [-0.2, 0) is 0 Å². The SMILES string of the molecule is N#Cc1nc2c(nc1C#N)-c1cc(N3c4ccccc4Oc4ccccc43)cc3cc(N4c5ccccc5Oc5ccccc54)cc-2c13. The van der Waals surface area contributed by atoms with Crippen LogP contribution in [0.15, 0.2) is 121 Å². The van der Waals surface area contributed by atoms with Crippen LogP contribution in [-0.4, -0.2) is 9.97 Å². The van der Waals surface area contributed by atoms with Crippen molar-refractivity contribution in [1.29, 1.82) is 10.5 Å². The van der Waals surface area contributed by atoms with E-state index in [4.69, 9.17) is 19.4 Å². The lowest BCUT2D eigenvalue weighted by Crippen LogP contribution is -2.16. The molecule has 6 aromatic carbocycles. The van der Waals surface area contributed by atoms with Crippen molar-refractivity contribution in [2.75, 3.05) is 9.80 Å². The summed E-state index contributed by atoms with van der Waals surface area (Å²) in [5.41, 5.74) is 8.22. The fraction of sp³-hybridized carbons (Fsp3) is 0. The van der Waals surface area contributed by atoms with E-state index in [1.165, 1.54) is 0 Å². The lowest BCUT2D eigenvalue weighted by Gasteiger charge is -2.34. The maximum atomic E-state index is 9.92. The predicted octanol–water partition coefficient (Wildman–Crippen LogP) is 10.2. The van der Waals surface area contributed by atoms with E-state index in [0.29, 0.717) is 11.4 Å². The third-order valence-corrected chi connectivity index (χ3v) is 9.02. The number of aromatic nitrogens is 2. The van der Waals surface area contributed by atoms with Gasteiger partial charge in [-0.25, -0.2) is 9.97 Å². The van der Waals surface area contributed by atoms with Gasteiger partial charge in [0.25, 0.3) is 0 Å². The van der Waals surface area contributed by atoms with Gasteiger partial charge in [0.2, 0.25) is 0 Å². The van der Waals surface area contributed by atoms with Crippen molar-refractivity contribution in [3.63, 3.8) is 0 Å². The Bertz CT molecular complexity index is 2370. The van der Waals surface area contributed by atoms with Crippen LogP contribution in [0.5, 0.6) is 23.0 Å². The first-order valence-electron chi connectivity index (χ1n) is 15.4. The molecule has 1 aliphatic carbocycles. The van der Waals surface area contributed by atoms with Gasteiger partial charge in [0.15, 0.2) is 34.4 Å². The molecule has 7 aromatic rings. The van der Waals surface area contributed by atoms with Crippen LogP contribution in [0.1, 0.15) is 11.4 Å². The summed E-state index contributed by atoms with van der Waals surface area (Å²) in [5, 5.41) is 21.8. The van der Waals surface area contributed by atoms with Crippen molar-refractivity contribution < 1.29 is 9.47 Å². The summed E-state index contributed by atoms with van der Waals surface area (Å²) in [6, 6.07) is 44.5. The number of benzene rings is 6. The summed E-state index contributed by atoms with van der Waals surface area (Å²) in [6.07, 6.45) is 0. The Morgan fingerprint density at radius 1 is 0.479 bits per heavy atom. The fourth-order valence-corrected chi connectivity index (χ4v) is 7.05. The van der Waals surface area contributed by atoms with E-state index >= 15 is 0 Å². The Morgan fingerprint density at radius 3 is 1.19 bits per heavy atom. The molecule has 3 aliphatic rings. The van der Waals surface area contributed by atoms with E-state index in [2.05, 4.69) is 46.2 Å². The Morgan fingerprint density at radius 2 is 0.833 bits per heavy atom. The molecule has 0 atom stereocenters. The first kappa shape index (κ1) is 26.1. The lowest BCUT2D eigenvalue weighted by atomic mass is 9.99. The van der Waals surface area contributed by atoms with Gasteiger partial charge in [-0.3, -0.25) is 0 Å². The molecule has 0 spiro atoms. The van der Waals surface area contributed by atoms with E-state index in [0.717, 1.165) is 79.0 Å². The Kier molecular flexibility index (Phi) is 5.26. The maximum Gasteiger partial charge on any atom is 0.177 e. The molecule has 1 aromatic heterocycles. The summed E-state index contributed by atoms with van der Waals surface area (Å²) in [6.45, 7) is 0. The van der Waals surface area contributed by atoms with Crippen molar-refractivity contribution in [3.8, 4) is 57.7 Å². The molecule has 0 fully saturated rings. The summed E-state index contributed by atoms with van der Waals surface area (Å²) in [7, 11) is 0. The zero-order valence-electron chi connectivity index (χ0n) is 25.0. The Labute approximate surface area is 274 Å². The Balaban J connectivity index is 1.29. The Hall–Kier alpha value is -7.16. The molecular formula is C40H20N6O2. The van der Waals surface area contributed by atoms with Crippen LogP contribution in [0.3, 0.4) is 0 Å². The molecule has 3 heterocycles. The van der Waals surface area contributed by atoms with Gasteiger partial charge in [-0.2, -0.15) is 10.5 Å². The minimum absolute atomic E-state index is 0.000861. The van der Waals surface area contributed by atoms with Crippen molar-refractivity contribution in [2.45, 2.75) is 0 Å². The fourth-order valence-electron chi connectivity index (χ4n) is 7.05. The first-order valence-corrected chi connectivity index (χ1v) is 15.4. The van der Waals surface area contributed by atoms with E-state index in [-0.39, 0.29) is 11.4 Å². The lowest BCUT2D eigenvalue weighted by molar-refractivity contribution is 0.477. The van der Waals surface area contributed by atoms with Gasteiger partial charge in [0.05, 0.1) is 34.1 Å². The van der Waals surface area contributed by atoms with Gasteiger partial charge in [-0.05, 0) is 78.2 Å². The van der Waals surface area contributed by atoms with Crippen LogP contribution in [0.25, 0.3) is 33.3 Å². The highest BCUT2D eigenvalue weighted by Crippen LogP contribution is 2.56. The second kappa shape index (κ2) is 9.67. The summed E-state index contributed by atoms with van der Waals surface area (Å²) >= 11 is 0. The van der Waals surface area contributed by atoms with Gasteiger partial charge in [0, 0.05) is 27.9 Å². The monoisotopic (exact) mass is 616 g/mol. The third-order valence-electron chi connectivity index (χ3n) is 9.02. The standard InChI is InChI=1S/C40H20N6O2/c41-21-28-29(22-42)44-40-27-20-25(46-32-11-3-7-15-36(32)48-37-16-8-4-12-33(37)46)18-23-17-24(19-26(38(23)27)39(40)43-28)45-30-9-1-5-13-34(30)47-35-14-6-2-10-31(35)45/h1-20H. The number of hydrogen-bond acceptors (Lipinski definition) is 8. The molecular weight excluding hydrogens is 596 g/mol. The molecule has 2 aliphatic heterocycles. The zero-order valence-corrected chi connectivity index (χ0v) is 25.0. The van der Waals surface area contributed by atoms with E-state index < -0.39 is 0 Å². The highest BCUT2D eigenvalue weighted by atomic mass is 16.5. The number of hydrogen-bond donors (Lipinski definition) is 0. The molecule has 0 amide bonds. The van der Waals surface area contributed by atoms with Crippen molar-refractivity contribution in [1.82, 2.24) is 9.97 Å². The summed E-state index contributed by atoms with van der Waals surface area (Å²) in [5.74, 6) is 2.98. The number of rotatable bonds is 2. The minimum Gasteiger partial charge on any atom is -0.453 e. The molecule has 8 nitrogen and oxygen atoms in total. The van der Waals surface area contributed by atoms with Gasteiger partial charge >= 0.3 is 0 Å². The van der Waals surface area contributed by atoms with E-state index in [1.54, 1.807) is 0 Å². The predicted molar refractivity (Wildman–Crippen MR) is 183 cm³/mol. The number of nitriles is 2. The number of anilines is 6. The second-order valence-electron chi connectivity index (χ2n) is 11.7. The van der Waals surface area contributed by atoms with Crippen molar-refractivity contribution >= 4 is 44.9 Å². The molecule has 0 bridgehead atoms. The molecule has 48 heavy (non-hydrogen) atoms. The first-order chi connectivity index (χ1) is 23.7. The molecule has 0 saturated carbocycles. The van der Waals surface area contributed by atoms with Crippen molar-refractivity contribution in [3.05, 3.63) is 133 Å². The molecule has 0 N–H and O–H groups in total. The van der Waals surface area contributed by atoms with Crippen LogP contribution in [0.2, 0.25) is 0 Å². The molecule has 222 valence electrons. The zero-order chi connectivity index (χ0) is 31.9. The third kappa shape index (κ3) is 3.57. The number of nitrogens with zero attached hydrogens (tertiary/aromatic N) is 6. The van der Waals surface area contributed by atoms with Gasteiger partial charge in [-0.1, -0.05) is 48.5 Å². The number of fused-ring (bicyclic) bond motifs is 7. The maximum absolute atomic E-state index is 9.92. The largest absolute Gasteiger partial charge is 0.453 e. The highest BCUT2D eigenvalue weighted by Gasteiger charge is 2.33. The van der Waals surface area contributed by atoms with E-state index in [1.807, 2.05) is 97.1 Å². The summed E-state index contributed by atoms with van der Waals surface area (Å²) < 4.78 is 12.6. The smallest absolute Gasteiger partial charge is 0.177 e. The van der Waals surface area contributed by atoms with Gasteiger partial charge in [-0.15, -0.1) is 0 Å². The topological polar surface area (TPSA) is 98.3 Å². The average molecular weight is 617 g/mol. The average Bonchev–Trinajstić information content (AvgIpc) is 3.44. The van der Waals surface area contributed by atoms with Gasteiger partial charge < -0.3 is 19.3 Å². The molecule has 10 rings (SSSR count). The molecule has 0 saturated heterocycles. The number of ether oxygens (including phenoxy) is 2. The van der Waals surface area contributed by atoms with E-state index in [9.17, 15) is 10.5 Å². The van der Waals surface area contributed by atoms with Crippen LogP contribution in [0, 0.1) is 22.7 Å². The van der Waals surface area contributed by atoms with Crippen LogP contribution in [0.4, 0.5) is 34.1 Å². The van der Waals surface area contributed by atoms with Crippen molar-refractivity contribution in [2.24, 2.45) is 0 Å². The van der Waals surface area contributed by atoms with Gasteiger partial charge in [0.1, 0.15) is 12.1 Å². The molecule has 0 radical (unpaired) electrons. The normalized spacial score (nSPS) is 12.8. The molecule has 8 heteroatoms. The molecule has 0 unspecified atom stereocenters. The van der Waals surface area contributed by atoms with Crippen LogP contribution >= 0.6 is 0 Å². The highest BCUT2D eigenvalue weighted by molar-refractivity contribution is 6.17. The second-order valence-corrected chi connectivity index (χ2v) is 11.7.